The number of rotatable bonds is 9. The molecule has 0 saturated heterocycles. The van der Waals surface area contributed by atoms with Gasteiger partial charge in [0.25, 0.3) is 0 Å². The fraction of sp³-hybridized carbons (Fsp3) is 0.448. The first-order valence-electron chi connectivity index (χ1n) is 14.1. The lowest BCUT2D eigenvalue weighted by atomic mass is 10.0. The molecular weight excluding hydrogens is 604 g/mol. The second-order valence-electron chi connectivity index (χ2n) is 11.3. The molecule has 4 atom stereocenters. The van der Waals surface area contributed by atoms with E-state index in [2.05, 4.69) is 30.3 Å². The number of nitrogens with one attached hydrogen (secondary N) is 2. The van der Waals surface area contributed by atoms with Gasteiger partial charge in [0.2, 0.25) is 5.95 Å². The Labute approximate surface area is 253 Å². The van der Waals surface area contributed by atoms with E-state index < -0.39 is 41.7 Å². The average molecular weight is 635 g/mol. The molecule has 0 aliphatic heterocycles. The highest BCUT2D eigenvalue weighted by atomic mass is 32.1. The standard InChI is InChI=1S/C29H30F4N6O4S/c1-13(16-5-6-19(18(30)11-16)43-29(31,32)33)35-27-36-14(2)21(25(38-27)39-28(42)9-7-17(12-40)24(28)41)26-37-23-20(44-26)8-10-34-22(23)15-3-4-15/h5-6,8,10-11,13,15,17,24,40-42H,3-4,7,9,12H2,1-2H3,(H2,35,36,38,39). The van der Waals surface area contributed by atoms with E-state index in [1.165, 1.54) is 17.4 Å². The Morgan fingerprint density at radius 2 is 1.93 bits per heavy atom. The number of pyridine rings is 1. The first-order valence-corrected chi connectivity index (χ1v) is 14.9. The van der Waals surface area contributed by atoms with E-state index in [0.29, 0.717) is 34.2 Å². The quantitative estimate of drug-likeness (QED) is 0.120. The molecule has 10 nitrogen and oxygen atoms in total. The summed E-state index contributed by atoms with van der Waals surface area (Å²) < 4.78 is 56.8. The van der Waals surface area contributed by atoms with Crippen molar-refractivity contribution in [2.45, 2.75) is 69.7 Å². The molecule has 15 heteroatoms. The number of anilines is 2. The van der Waals surface area contributed by atoms with Crippen molar-refractivity contribution in [3.8, 4) is 16.3 Å². The van der Waals surface area contributed by atoms with Crippen molar-refractivity contribution in [2.75, 3.05) is 17.2 Å². The van der Waals surface area contributed by atoms with Gasteiger partial charge in [0.1, 0.15) is 22.4 Å². The molecule has 0 bridgehead atoms. The van der Waals surface area contributed by atoms with Crippen LogP contribution in [-0.4, -0.2) is 60.1 Å². The number of aliphatic hydroxyl groups excluding tert-OH is 2. The van der Waals surface area contributed by atoms with Gasteiger partial charge in [-0.3, -0.25) is 4.98 Å². The minimum Gasteiger partial charge on any atom is -0.403 e. The molecule has 3 aromatic heterocycles. The van der Waals surface area contributed by atoms with E-state index in [-0.39, 0.29) is 24.8 Å². The maximum atomic E-state index is 14.4. The summed E-state index contributed by atoms with van der Waals surface area (Å²) in [4.78, 5) is 18.6. The fourth-order valence-corrected chi connectivity index (χ4v) is 6.59. The smallest absolute Gasteiger partial charge is 0.403 e. The Morgan fingerprint density at radius 3 is 2.59 bits per heavy atom. The lowest BCUT2D eigenvalue weighted by Crippen LogP contribution is -2.48. The number of aliphatic hydroxyl groups is 3. The summed E-state index contributed by atoms with van der Waals surface area (Å²) >= 11 is 1.41. The van der Waals surface area contributed by atoms with Crippen LogP contribution in [0, 0.1) is 18.7 Å². The van der Waals surface area contributed by atoms with Crippen molar-refractivity contribution < 1.29 is 37.6 Å². The van der Waals surface area contributed by atoms with Crippen molar-refractivity contribution in [1.29, 1.82) is 0 Å². The number of halogens is 4. The van der Waals surface area contributed by atoms with Crippen LogP contribution in [-0.2, 0) is 0 Å². The van der Waals surface area contributed by atoms with Crippen LogP contribution in [0.4, 0.5) is 29.3 Å². The Morgan fingerprint density at radius 1 is 1.16 bits per heavy atom. The van der Waals surface area contributed by atoms with Crippen LogP contribution >= 0.6 is 11.3 Å². The van der Waals surface area contributed by atoms with Gasteiger partial charge in [-0.15, -0.1) is 24.5 Å². The molecule has 0 spiro atoms. The predicted molar refractivity (Wildman–Crippen MR) is 155 cm³/mol. The Hall–Kier alpha value is -3.66. The molecule has 2 aliphatic carbocycles. The number of hydrogen-bond acceptors (Lipinski definition) is 11. The van der Waals surface area contributed by atoms with E-state index in [4.69, 9.17) is 4.98 Å². The molecule has 6 rings (SSSR count). The van der Waals surface area contributed by atoms with Crippen LogP contribution in [0.25, 0.3) is 20.8 Å². The Balaban J connectivity index is 1.36. The highest BCUT2D eigenvalue weighted by Gasteiger charge is 2.47. The van der Waals surface area contributed by atoms with Crippen LogP contribution in [0.3, 0.4) is 0 Å². The first-order chi connectivity index (χ1) is 20.8. The van der Waals surface area contributed by atoms with Crippen LogP contribution in [0.1, 0.15) is 61.5 Å². The molecule has 3 heterocycles. The Kier molecular flexibility index (Phi) is 7.84. The lowest BCUT2D eigenvalue weighted by Gasteiger charge is -2.31. The van der Waals surface area contributed by atoms with Crippen LogP contribution in [0.2, 0.25) is 0 Å². The molecule has 0 radical (unpaired) electrons. The van der Waals surface area contributed by atoms with Crippen molar-refractivity contribution in [3.63, 3.8) is 0 Å². The maximum Gasteiger partial charge on any atom is 0.573 e. The molecule has 2 fully saturated rings. The molecule has 234 valence electrons. The average Bonchev–Trinajstić information content (AvgIpc) is 3.64. The number of thiazole rings is 1. The second kappa shape index (κ2) is 11.4. The summed E-state index contributed by atoms with van der Waals surface area (Å²) in [7, 11) is 0. The summed E-state index contributed by atoms with van der Waals surface area (Å²) in [6, 6.07) is 4.34. The summed E-state index contributed by atoms with van der Waals surface area (Å²) in [5, 5.41) is 38.5. The second-order valence-corrected chi connectivity index (χ2v) is 12.3. The third-order valence-corrected chi connectivity index (χ3v) is 9.07. The maximum absolute atomic E-state index is 14.4. The minimum absolute atomic E-state index is 0.0773. The van der Waals surface area contributed by atoms with E-state index >= 15 is 0 Å². The largest absolute Gasteiger partial charge is 0.573 e. The molecule has 1 aromatic carbocycles. The van der Waals surface area contributed by atoms with Gasteiger partial charge in [-0.1, -0.05) is 6.07 Å². The number of fused-ring (bicyclic) bond motifs is 1. The lowest BCUT2D eigenvalue weighted by molar-refractivity contribution is -0.275. The van der Waals surface area contributed by atoms with Crippen LogP contribution in [0.5, 0.6) is 5.75 Å². The van der Waals surface area contributed by atoms with Gasteiger partial charge in [-0.05, 0) is 63.3 Å². The SMILES string of the molecule is Cc1nc(NC(C)c2ccc(OC(F)(F)F)c(F)c2)nc(NC2(O)CCC(CO)C2O)c1-c1nc2c(C3CC3)nccc2s1. The molecule has 44 heavy (non-hydrogen) atoms. The first kappa shape index (κ1) is 30.4. The summed E-state index contributed by atoms with van der Waals surface area (Å²) in [5.74, 6) is -2.06. The van der Waals surface area contributed by atoms with E-state index in [0.717, 1.165) is 40.9 Å². The molecule has 4 unspecified atom stereocenters. The van der Waals surface area contributed by atoms with Crippen LogP contribution < -0.4 is 15.4 Å². The number of nitrogens with zero attached hydrogens (tertiary/aromatic N) is 4. The highest BCUT2D eigenvalue weighted by Crippen LogP contribution is 2.45. The summed E-state index contributed by atoms with van der Waals surface area (Å²) in [5.41, 5.74) is 1.20. The number of hydrogen-bond donors (Lipinski definition) is 5. The normalized spacial score (nSPS) is 22.8. The van der Waals surface area contributed by atoms with Crippen molar-refractivity contribution in [3.05, 3.63) is 53.2 Å². The van der Waals surface area contributed by atoms with Gasteiger partial charge in [0.15, 0.2) is 17.3 Å². The van der Waals surface area contributed by atoms with E-state index in [1.807, 2.05) is 6.07 Å². The zero-order valence-corrected chi connectivity index (χ0v) is 24.5. The summed E-state index contributed by atoms with van der Waals surface area (Å²) in [6.07, 6.45) is -1.95. The zero-order chi connectivity index (χ0) is 31.4. The zero-order valence-electron chi connectivity index (χ0n) is 23.7. The van der Waals surface area contributed by atoms with Gasteiger partial charge in [0.05, 0.1) is 27.7 Å². The number of ether oxygens (including phenoxy) is 1. The highest BCUT2D eigenvalue weighted by molar-refractivity contribution is 7.21. The minimum atomic E-state index is -5.03. The fourth-order valence-electron chi connectivity index (χ4n) is 5.53. The van der Waals surface area contributed by atoms with Gasteiger partial charge < -0.3 is 30.7 Å². The molecular formula is C29H30F4N6O4S. The number of aromatic nitrogens is 4. The summed E-state index contributed by atoms with van der Waals surface area (Å²) in [6.45, 7) is 3.08. The van der Waals surface area contributed by atoms with Crippen LogP contribution in [0.15, 0.2) is 30.5 Å². The topological polar surface area (TPSA) is 146 Å². The number of benzene rings is 1. The predicted octanol–water partition coefficient (Wildman–Crippen LogP) is 5.41. The molecule has 2 aliphatic rings. The molecule has 2 saturated carbocycles. The van der Waals surface area contributed by atoms with E-state index in [1.54, 1.807) is 20.0 Å². The number of alkyl halides is 3. The molecule has 0 amide bonds. The van der Waals surface area contributed by atoms with Gasteiger partial charge in [0, 0.05) is 24.6 Å². The third-order valence-electron chi connectivity index (χ3n) is 8.03. The van der Waals surface area contributed by atoms with Gasteiger partial charge in [-0.25, -0.2) is 14.4 Å². The van der Waals surface area contributed by atoms with Gasteiger partial charge >= 0.3 is 6.36 Å². The monoisotopic (exact) mass is 634 g/mol. The van der Waals surface area contributed by atoms with Crippen molar-refractivity contribution in [1.82, 2.24) is 19.9 Å². The van der Waals surface area contributed by atoms with Crippen molar-refractivity contribution in [2.24, 2.45) is 5.92 Å². The van der Waals surface area contributed by atoms with E-state index in [9.17, 15) is 32.9 Å². The molecule has 5 N–H and O–H groups in total. The third kappa shape index (κ3) is 6.01. The van der Waals surface area contributed by atoms with Gasteiger partial charge in [-0.2, -0.15) is 4.98 Å². The Bertz CT molecular complexity index is 1700. The number of aryl methyl sites for hydroxylation is 1. The molecule has 4 aromatic rings. The van der Waals surface area contributed by atoms with Crippen molar-refractivity contribution >= 4 is 33.3 Å².